The monoisotopic (exact) mass is 451 g/mol. The molecule has 0 aliphatic carbocycles. The minimum Gasteiger partial charge on any atom is -0.497 e. The van der Waals surface area contributed by atoms with Crippen molar-refractivity contribution in [1.29, 1.82) is 0 Å². The summed E-state index contributed by atoms with van der Waals surface area (Å²) in [6.45, 7) is 4.26. The molecule has 10 heteroatoms. The summed E-state index contributed by atoms with van der Waals surface area (Å²) in [6, 6.07) is 7.68. The number of imidazole rings is 1. The molecular formula is C22H25N7O2S. The molecule has 32 heavy (non-hydrogen) atoms. The first kappa shape index (κ1) is 21.8. The van der Waals surface area contributed by atoms with Crippen molar-refractivity contribution in [3.05, 3.63) is 58.5 Å². The fourth-order valence-corrected chi connectivity index (χ4v) is 3.94. The predicted molar refractivity (Wildman–Crippen MR) is 126 cm³/mol. The van der Waals surface area contributed by atoms with Gasteiger partial charge < -0.3 is 14.6 Å². The number of nitrogens with zero attached hydrogens (tertiary/aromatic N) is 6. The van der Waals surface area contributed by atoms with Crippen molar-refractivity contribution in [3.8, 4) is 5.75 Å². The highest BCUT2D eigenvalue weighted by atomic mass is 32.2. The number of aryl methyl sites for hydroxylation is 1. The van der Waals surface area contributed by atoms with Crippen molar-refractivity contribution in [2.24, 2.45) is 0 Å². The summed E-state index contributed by atoms with van der Waals surface area (Å²) < 4.78 is 6.87. The molecule has 1 aromatic carbocycles. The SMILES string of the molecule is CCCSc1nc(N(C)c2ccc(OC)cc2)c2[nH]c(=O)n(Cc3cnc(C)nc3)c2n1. The molecule has 0 aliphatic heterocycles. The van der Waals surface area contributed by atoms with Crippen molar-refractivity contribution in [3.63, 3.8) is 0 Å². The third kappa shape index (κ3) is 4.45. The Labute approximate surface area is 189 Å². The van der Waals surface area contributed by atoms with Crippen molar-refractivity contribution >= 4 is 34.4 Å². The molecule has 166 valence electrons. The van der Waals surface area contributed by atoms with E-state index >= 15 is 0 Å². The molecule has 9 nitrogen and oxygen atoms in total. The van der Waals surface area contributed by atoms with Crippen molar-refractivity contribution in [2.45, 2.75) is 32.0 Å². The summed E-state index contributed by atoms with van der Waals surface area (Å²) in [5.74, 6) is 2.98. The summed E-state index contributed by atoms with van der Waals surface area (Å²) >= 11 is 1.57. The number of hydrogen-bond acceptors (Lipinski definition) is 8. The van der Waals surface area contributed by atoms with Crippen LogP contribution in [0.1, 0.15) is 24.7 Å². The minimum atomic E-state index is -0.253. The lowest BCUT2D eigenvalue weighted by Gasteiger charge is -2.19. The van der Waals surface area contributed by atoms with Gasteiger partial charge in [-0.25, -0.2) is 24.7 Å². The Balaban J connectivity index is 1.82. The number of H-pyrrole nitrogens is 1. The zero-order valence-corrected chi connectivity index (χ0v) is 19.3. The Kier molecular flexibility index (Phi) is 6.40. The zero-order chi connectivity index (χ0) is 22.7. The molecule has 0 spiro atoms. The fourth-order valence-electron chi connectivity index (χ4n) is 3.25. The first-order valence-corrected chi connectivity index (χ1v) is 11.3. The predicted octanol–water partition coefficient (Wildman–Crippen LogP) is 3.54. The van der Waals surface area contributed by atoms with Crippen molar-refractivity contribution < 1.29 is 4.74 Å². The van der Waals surface area contributed by atoms with Gasteiger partial charge in [-0.2, -0.15) is 0 Å². The van der Waals surface area contributed by atoms with Gasteiger partial charge in [0.1, 0.15) is 17.1 Å². The summed E-state index contributed by atoms with van der Waals surface area (Å²) in [5, 5.41) is 0.627. The summed E-state index contributed by atoms with van der Waals surface area (Å²) in [5.41, 5.74) is 2.63. The lowest BCUT2D eigenvalue weighted by molar-refractivity contribution is 0.415. The van der Waals surface area contributed by atoms with Gasteiger partial charge in [0, 0.05) is 36.4 Å². The number of methoxy groups -OCH3 is 1. The van der Waals surface area contributed by atoms with E-state index in [1.807, 2.05) is 43.1 Å². The third-order valence-corrected chi connectivity index (χ3v) is 6.02. The molecule has 0 fully saturated rings. The Morgan fingerprint density at radius 1 is 1.16 bits per heavy atom. The Morgan fingerprint density at radius 3 is 2.53 bits per heavy atom. The zero-order valence-electron chi connectivity index (χ0n) is 18.5. The van der Waals surface area contributed by atoms with Gasteiger partial charge in [-0.05, 0) is 37.6 Å². The van der Waals surface area contributed by atoms with Crippen LogP contribution in [0.25, 0.3) is 11.2 Å². The highest BCUT2D eigenvalue weighted by Crippen LogP contribution is 2.30. The topological polar surface area (TPSA) is 102 Å². The lowest BCUT2D eigenvalue weighted by Crippen LogP contribution is -2.18. The molecule has 0 unspecified atom stereocenters. The molecular weight excluding hydrogens is 426 g/mol. The molecule has 4 aromatic rings. The maximum atomic E-state index is 12.9. The van der Waals surface area contributed by atoms with E-state index in [0.717, 1.165) is 29.2 Å². The lowest BCUT2D eigenvalue weighted by atomic mass is 10.2. The standard InChI is InChI=1S/C22H25N7O2S/c1-5-10-32-21-26-19(28(3)16-6-8-17(31-4)9-7-16)18-20(27-21)29(22(30)25-18)13-15-11-23-14(2)24-12-15/h6-9,11-12H,5,10,13H2,1-4H3,(H,25,30). The number of anilines is 2. The van der Waals surface area contributed by atoms with E-state index in [1.54, 1.807) is 35.8 Å². The fraction of sp³-hybridized carbons (Fsp3) is 0.318. The summed E-state index contributed by atoms with van der Waals surface area (Å²) in [7, 11) is 3.55. The average Bonchev–Trinajstić information content (AvgIpc) is 3.13. The largest absolute Gasteiger partial charge is 0.497 e. The first-order valence-electron chi connectivity index (χ1n) is 10.3. The van der Waals surface area contributed by atoms with E-state index in [0.29, 0.717) is 34.5 Å². The molecule has 0 amide bonds. The van der Waals surface area contributed by atoms with Gasteiger partial charge in [0.15, 0.2) is 16.6 Å². The van der Waals surface area contributed by atoms with E-state index in [4.69, 9.17) is 14.7 Å². The number of hydrogen-bond donors (Lipinski definition) is 1. The number of benzene rings is 1. The van der Waals surface area contributed by atoms with Gasteiger partial charge in [-0.3, -0.25) is 4.57 Å². The van der Waals surface area contributed by atoms with Crippen LogP contribution in [0.5, 0.6) is 5.75 Å². The third-order valence-electron chi connectivity index (χ3n) is 4.97. The number of rotatable bonds is 8. The van der Waals surface area contributed by atoms with Gasteiger partial charge >= 0.3 is 5.69 Å². The van der Waals surface area contributed by atoms with Crippen LogP contribution in [-0.2, 0) is 6.54 Å². The van der Waals surface area contributed by atoms with Crippen LogP contribution >= 0.6 is 11.8 Å². The van der Waals surface area contributed by atoms with Crippen molar-refractivity contribution in [1.82, 2.24) is 29.5 Å². The Bertz CT molecular complexity index is 1270. The van der Waals surface area contributed by atoms with Gasteiger partial charge in [-0.1, -0.05) is 18.7 Å². The van der Waals surface area contributed by atoms with Crippen LogP contribution in [0.15, 0.2) is 46.6 Å². The quantitative estimate of drug-likeness (QED) is 0.321. The summed E-state index contributed by atoms with van der Waals surface area (Å²) in [6.07, 6.45) is 4.45. The van der Waals surface area contributed by atoms with E-state index in [9.17, 15) is 4.79 Å². The Morgan fingerprint density at radius 2 is 1.88 bits per heavy atom. The first-order chi connectivity index (χ1) is 15.5. The van der Waals surface area contributed by atoms with Crippen LogP contribution in [0, 0.1) is 6.92 Å². The molecule has 0 saturated carbocycles. The van der Waals surface area contributed by atoms with Crippen LogP contribution in [0.4, 0.5) is 11.5 Å². The minimum absolute atomic E-state index is 0.253. The maximum Gasteiger partial charge on any atom is 0.328 e. The molecule has 0 radical (unpaired) electrons. The smallest absolute Gasteiger partial charge is 0.328 e. The van der Waals surface area contributed by atoms with E-state index in [1.165, 1.54) is 0 Å². The van der Waals surface area contributed by atoms with Crippen LogP contribution < -0.4 is 15.3 Å². The molecule has 3 heterocycles. The number of nitrogens with one attached hydrogen (secondary N) is 1. The second kappa shape index (κ2) is 9.39. The van der Waals surface area contributed by atoms with E-state index in [-0.39, 0.29) is 5.69 Å². The number of aromatic amines is 1. The van der Waals surface area contributed by atoms with Crippen LogP contribution in [0.2, 0.25) is 0 Å². The summed E-state index contributed by atoms with van der Waals surface area (Å²) in [4.78, 5) is 35.7. The molecule has 3 aromatic heterocycles. The molecule has 0 bridgehead atoms. The molecule has 0 aliphatic rings. The maximum absolute atomic E-state index is 12.9. The highest BCUT2D eigenvalue weighted by Gasteiger charge is 2.19. The normalized spacial score (nSPS) is 11.1. The van der Waals surface area contributed by atoms with Gasteiger partial charge in [0.2, 0.25) is 0 Å². The molecule has 0 saturated heterocycles. The Hall–Kier alpha value is -3.40. The number of fused-ring (bicyclic) bond motifs is 1. The second-order valence-electron chi connectivity index (χ2n) is 7.29. The highest BCUT2D eigenvalue weighted by molar-refractivity contribution is 7.99. The van der Waals surface area contributed by atoms with E-state index in [2.05, 4.69) is 21.9 Å². The van der Waals surface area contributed by atoms with Crippen LogP contribution in [0.3, 0.4) is 0 Å². The average molecular weight is 452 g/mol. The number of aromatic nitrogens is 6. The van der Waals surface area contributed by atoms with Crippen LogP contribution in [-0.4, -0.2) is 49.4 Å². The van der Waals surface area contributed by atoms with E-state index < -0.39 is 0 Å². The van der Waals surface area contributed by atoms with Gasteiger partial charge in [0.05, 0.1) is 13.7 Å². The molecule has 0 atom stereocenters. The van der Waals surface area contributed by atoms with Gasteiger partial charge in [-0.15, -0.1) is 0 Å². The molecule has 1 N–H and O–H groups in total. The van der Waals surface area contributed by atoms with Gasteiger partial charge in [0.25, 0.3) is 0 Å². The molecule has 4 rings (SSSR count). The van der Waals surface area contributed by atoms with Crippen molar-refractivity contribution in [2.75, 3.05) is 24.8 Å². The number of thioether (sulfide) groups is 1. The second-order valence-corrected chi connectivity index (χ2v) is 8.35. The number of ether oxygens (including phenoxy) is 1.